The van der Waals surface area contributed by atoms with Gasteiger partial charge in [0.25, 0.3) is 0 Å². The molecule has 2 saturated heterocycles. The molecule has 2 rings (SSSR count). The van der Waals surface area contributed by atoms with Crippen molar-refractivity contribution in [2.75, 3.05) is 12.3 Å². The quantitative estimate of drug-likeness (QED) is 0.784. The molecule has 0 N–H and O–H groups in total. The highest BCUT2D eigenvalue weighted by Crippen LogP contribution is 2.34. The van der Waals surface area contributed by atoms with Gasteiger partial charge in [0.1, 0.15) is 5.78 Å². The van der Waals surface area contributed by atoms with Crippen LogP contribution in [0.4, 0.5) is 13.2 Å². The third-order valence-corrected chi connectivity index (χ3v) is 4.27. The zero-order valence-electron chi connectivity index (χ0n) is 9.50. The van der Waals surface area contributed by atoms with Crippen molar-refractivity contribution in [2.45, 2.75) is 49.7 Å². The van der Waals surface area contributed by atoms with Gasteiger partial charge in [-0.15, -0.1) is 0 Å². The first-order chi connectivity index (χ1) is 7.96. The van der Waals surface area contributed by atoms with Gasteiger partial charge in [-0.1, -0.05) is 6.42 Å². The summed E-state index contributed by atoms with van der Waals surface area (Å²) in [6.45, 7) is 0.451. The Morgan fingerprint density at radius 2 is 1.82 bits per heavy atom. The van der Waals surface area contributed by atoms with E-state index in [2.05, 4.69) is 4.90 Å². The maximum absolute atomic E-state index is 12.1. The SMILES string of the molecule is O=C1CC2CCCC(C1)N2CCSC(F)(F)F. The number of thioether (sulfide) groups is 1. The van der Waals surface area contributed by atoms with Gasteiger partial charge in [0.05, 0.1) is 0 Å². The average Bonchev–Trinajstić information content (AvgIpc) is 2.17. The minimum absolute atomic E-state index is 0.0401. The molecule has 2 heterocycles. The average molecular weight is 267 g/mol. The number of hydrogen-bond donors (Lipinski definition) is 0. The largest absolute Gasteiger partial charge is 0.441 e. The Kier molecular flexibility index (Phi) is 4.02. The predicted octanol–water partition coefficient (Wildman–Crippen LogP) is 2.83. The molecule has 2 nitrogen and oxygen atoms in total. The lowest BCUT2D eigenvalue weighted by atomic mass is 9.84. The minimum Gasteiger partial charge on any atom is -0.300 e. The number of halogens is 3. The minimum atomic E-state index is -4.14. The van der Waals surface area contributed by atoms with Crippen molar-refractivity contribution in [3.63, 3.8) is 0 Å². The Morgan fingerprint density at radius 1 is 1.24 bits per heavy atom. The number of rotatable bonds is 3. The first-order valence-electron chi connectivity index (χ1n) is 5.94. The molecule has 0 aromatic rings. The molecular formula is C11H16F3NOS. The smallest absolute Gasteiger partial charge is 0.300 e. The molecule has 2 atom stereocenters. The van der Waals surface area contributed by atoms with Gasteiger partial charge >= 0.3 is 5.51 Å². The molecule has 0 spiro atoms. The van der Waals surface area contributed by atoms with E-state index in [1.165, 1.54) is 0 Å². The van der Waals surface area contributed by atoms with E-state index in [1.54, 1.807) is 0 Å². The molecule has 2 unspecified atom stereocenters. The fraction of sp³-hybridized carbons (Fsp3) is 0.909. The van der Waals surface area contributed by atoms with Crippen LogP contribution in [0.2, 0.25) is 0 Å². The van der Waals surface area contributed by atoms with Gasteiger partial charge in [-0.3, -0.25) is 9.69 Å². The van der Waals surface area contributed by atoms with Crippen molar-refractivity contribution in [1.82, 2.24) is 4.90 Å². The molecule has 2 fully saturated rings. The molecule has 6 heteroatoms. The van der Waals surface area contributed by atoms with Crippen LogP contribution in [0.5, 0.6) is 0 Å². The van der Waals surface area contributed by atoms with Crippen LogP contribution in [-0.2, 0) is 4.79 Å². The van der Waals surface area contributed by atoms with Crippen LogP contribution >= 0.6 is 11.8 Å². The highest BCUT2D eigenvalue weighted by Gasteiger charge is 2.37. The number of piperidine rings is 2. The van der Waals surface area contributed by atoms with Gasteiger partial charge in [0.2, 0.25) is 0 Å². The molecule has 0 aliphatic carbocycles. The summed E-state index contributed by atoms with van der Waals surface area (Å²) < 4.78 is 36.2. The van der Waals surface area contributed by atoms with Crippen LogP contribution < -0.4 is 0 Å². The Morgan fingerprint density at radius 3 is 2.35 bits per heavy atom. The summed E-state index contributed by atoms with van der Waals surface area (Å²) in [5.41, 5.74) is -4.14. The zero-order chi connectivity index (χ0) is 12.5. The van der Waals surface area contributed by atoms with Crippen molar-refractivity contribution in [1.29, 1.82) is 0 Å². The molecule has 17 heavy (non-hydrogen) atoms. The summed E-state index contributed by atoms with van der Waals surface area (Å²) in [5, 5.41) is 0. The number of ketones is 1. The van der Waals surface area contributed by atoms with Crippen molar-refractivity contribution >= 4 is 17.5 Å². The predicted molar refractivity (Wildman–Crippen MR) is 60.9 cm³/mol. The van der Waals surface area contributed by atoms with Gasteiger partial charge in [0, 0.05) is 37.2 Å². The summed E-state index contributed by atoms with van der Waals surface area (Å²) in [5.74, 6) is 0.351. The Bertz CT molecular complexity index is 279. The Hall–Kier alpha value is -0.230. The summed E-state index contributed by atoms with van der Waals surface area (Å²) >= 11 is 0.0401. The second-order valence-corrected chi connectivity index (χ2v) is 5.88. The van der Waals surface area contributed by atoms with Crippen molar-refractivity contribution < 1.29 is 18.0 Å². The Labute approximate surface area is 103 Å². The number of carbonyl (C=O) groups excluding carboxylic acids is 1. The Balaban J connectivity index is 1.85. The van der Waals surface area contributed by atoms with Crippen LogP contribution in [0.3, 0.4) is 0 Å². The number of fused-ring (bicyclic) bond motifs is 2. The van der Waals surface area contributed by atoms with Crippen LogP contribution in [0.15, 0.2) is 0 Å². The highest BCUT2D eigenvalue weighted by atomic mass is 32.2. The fourth-order valence-electron chi connectivity index (χ4n) is 2.90. The van der Waals surface area contributed by atoms with Crippen LogP contribution in [-0.4, -0.2) is 40.6 Å². The topological polar surface area (TPSA) is 20.3 Å². The zero-order valence-corrected chi connectivity index (χ0v) is 10.3. The third-order valence-electron chi connectivity index (χ3n) is 3.55. The monoisotopic (exact) mass is 267 g/mol. The van der Waals surface area contributed by atoms with E-state index in [9.17, 15) is 18.0 Å². The number of carbonyl (C=O) groups is 1. The summed E-state index contributed by atoms with van der Waals surface area (Å²) in [6, 6.07) is 0.396. The van der Waals surface area contributed by atoms with Gasteiger partial charge in [-0.05, 0) is 24.6 Å². The lowest BCUT2D eigenvalue weighted by Crippen LogP contribution is -2.53. The van der Waals surface area contributed by atoms with Gasteiger partial charge in [-0.2, -0.15) is 13.2 Å². The van der Waals surface area contributed by atoms with E-state index in [0.29, 0.717) is 19.4 Å². The molecule has 98 valence electrons. The summed E-state index contributed by atoms with van der Waals surface area (Å²) in [4.78, 5) is 13.6. The van der Waals surface area contributed by atoms with E-state index >= 15 is 0 Å². The molecule has 0 amide bonds. The maximum atomic E-state index is 12.1. The van der Waals surface area contributed by atoms with Crippen molar-refractivity contribution in [3.05, 3.63) is 0 Å². The number of Topliss-reactive ketones (excluding diaryl/α,β-unsaturated/α-hetero) is 1. The lowest BCUT2D eigenvalue weighted by molar-refractivity contribution is -0.127. The lowest BCUT2D eigenvalue weighted by Gasteiger charge is -2.45. The molecule has 2 aliphatic heterocycles. The second-order valence-electron chi connectivity index (χ2n) is 4.72. The van der Waals surface area contributed by atoms with Crippen LogP contribution in [0.1, 0.15) is 32.1 Å². The van der Waals surface area contributed by atoms with Gasteiger partial charge in [0.15, 0.2) is 0 Å². The summed E-state index contributed by atoms with van der Waals surface area (Å²) in [6.07, 6.45) is 4.09. The highest BCUT2D eigenvalue weighted by molar-refractivity contribution is 8.00. The van der Waals surface area contributed by atoms with E-state index in [-0.39, 0.29) is 35.4 Å². The van der Waals surface area contributed by atoms with Crippen LogP contribution in [0, 0.1) is 0 Å². The molecule has 0 radical (unpaired) electrons. The molecule has 2 aliphatic rings. The number of hydrogen-bond acceptors (Lipinski definition) is 3. The van der Waals surface area contributed by atoms with Crippen molar-refractivity contribution in [3.8, 4) is 0 Å². The third kappa shape index (κ3) is 3.61. The van der Waals surface area contributed by atoms with Gasteiger partial charge < -0.3 is 0 Å². The van der Waals surface area contributed by atoms with Crippen LogP contribution in [0.25, 0.3) is 0 Å². The van der Waals surface area contributed by atoms with E-state index < -0.39 is 5.51 Å². The van der Waals surface area contributed by atoms with Gasteiger partial charge in [-0.25, -0.2) is 0 Å². The molecular weight excluding hydrogens is 251 g/mol. The second kappa shape index (κ2) is 5.18. The number of alkyl halides is 3. The molecule has 0 aromatic carbocycles. The molecule has 2 bridgehead atoms. The first kappa shape index (κ1) is 13.2. The normalized spacial score (nSPS) is 30.6. The van der Waals surface area contributed by atoms with Crippen molar-refractivity contribution in [2.24, 2.45) is 0 Å². The van der Waals surface area contributed by atoms with E-state index in [4.69, 9.17) is 0 Å². The molecule has 0 saturated carbocycles. The number of nitrogens with zero attached hydrogens (tertiary/aromatic N) is 1. The molecule has 0 aromatic heterocycles. The standard InChI is InChI=1S/C11H16F3NOS/c12-11(13,14)17-5-4-15-8-2-1-3-9(15)7-10(16)6-8/h8-9H,1-7H2. The van der Waals surface area contributed by atoms with E-state index in [0.717, 1.165) is 19.3 Å². The first-order valence-corrected chi connectivity index (χ1v) is 6.92. The summed E-state index contributed by atoms with van der Waals surface area (Å²) in [7, 11) is 0. The fourth-order valence-corrected chi connectivity index (χ4v) is 3.43. The maximum Gasteiger partial charge on any atom is 0.441 e. The van der Waals surface area contributed by atoms with E-state index in [1.807, 2.05) is 0 Å².